The molecule has 0 saturated carbocycles. The SMILES string of the molecule is C#CN1CCC[C@H]1c1nc(-c2ccc(OCCCCCCCC)c(C(F)(F)F)c2)no1. The lowest BCUT2D eigenvalue weighted by molar-refractivity contribution is -0.138. The van der Waals surface area contributed by atoms with Crippen molar-refractivity contribution in [3.8, 4) is 29.6 Å². The minimum Gasteiger partial charge on any atom is -0.493 e. The molecule has 1 aliphatic heterocycles. The van der Waals surface area contributed by atoms with Crippen LogP contribution in [0.25, 0.3) is 11.4 Å². The van der Waals surface area contributed by atoms with Crippen molar-refractivity contribution < 1.29 is 22.4 Å². The molecule has 1 aromatic carbocycles. The molecule has 5 nitrogen and oxygen atoms in total. The minimum atomic E-state index is -4.55. The van der Waals surface area contributed by atoms with Crippen molar-refractivity contribution in [2.45, 2.75) is 70.5 Å². The highest BCUT2D eigenvalue weighted by atomic mass is 19.4. The number of nitrogens with zero attached hydrogens (tertiary/aromatic N) is 3. The molecular formula is C23H28F3N3O2. The third kappa shape index (κ3) is 5.93. The Bertz CT molecular complexity index is 889. The van der Waals surface area contributed by atoms with Crippen LogP contribution in [0.2, 0.25) is 0 Å². The third-order valence-electron chi connectivity index (χ3n) is 5.44. The van der Waals surface area contributed by atoms with Gasteiger partial charge in [-0.05, 0) is 37.5 Å². The van der Waals surface area contributed by atoms with E-state index in [1.54, 1.807) is 4.90 Å². The first-order valence-corrected chi connectivity index (χ1v) is 10.8. The molecule has 0 unspecified atom stereocenters. The van der Waals surface area contributed by atoms with E-state index in [1.165, 1.54) is 18.6 Å². The molecule has 2 heterocycles. The van der Waals surface area contributed by atoms with Crippen molar-refractivity contribution in [2.75, 3.05) is 13.2 Å². The number of hydrogen-bond acceptors (Lipinski definition) is 5. The Kier molecular flexibility index (Phi) is 7.83. The third-order valence-corrected chi connectivity index (χ3v) is 5.44. The molecule has 0 N–H and O–H groups in total. The van der Waals surface area contributed by atoms with Crippen molar-refractivity contribution in [1.29, 1.82) is 0 Å². The highest BCUT2D eigenvalue weighted by molar-refractivity contribution is 5.59. The summed E-state index contributed by atoms with van der Waals surface area (Å²) in [4.78, 5) is 6.06. The van der Waals surface area contributed by atoms with Crippen LogP contribution in [0.1, 0.15) is 75.8 Å². The van der Waals surface area contributed by atoms with Crippen LogP contribution < -0.4 is 4.74 Å². The van der Waals surface area contributed by atoms with Gasteiger partial charge in [-0.3, -0.25) is 0 Å². The van der Waals surface area contributed by atoms with Gasteiger partial charge in [0.2, 0.25) is 11.7 Å². The number of alkyl halides is 3. The van der Waals surface area contributed by atoms with E-state index in [9.17, 15) is 13.2 Å². The van der Waals surface area contributed by atoms with Gasteiger partial charge in [-0.2, -0.15) is 18.2 Å². The van der Waals surface area contributed by atoms with Gasteiger partial charge in [0.25, 0.3) is 0 Å². The first-order chi connectivity index (χ1) is 14.9. The maximum atomic E-state index is 13.6. The molecule has 0 aliphatic carbocycles. The lowest BCUT2D eigenvalue weighted by atomic mass is 10.1. The second kappa shape index (κ2) is 10.6. The number of aromatic nitrogens is 2. The zero-order chi connectivity index (χ0) is 22.3. The maximum Gasteiger partial charge on any atom is 0.419 e. The number of unbranched alkanes of at least 4 members (excludes halogenated alkanes) is 5. The fraction of sp³-hybridized carbons (Fsp3) is 0.565. The van der Waals surface area contributed by atoms with Crippen molar-refractivity contribution in [3.05, 3.63) is 29.7 Å². The topological polar surface area (TPSA) is 51.4 Å². The van der Waals surface area contributed by atoms with Gasteiger partial charge < -0.3 is 14.2 Å². The standard InChI is InChI=1S/C23H28F3N3O2/c1-3-5-6-7-8-9-15-30-20-13-12-17(16-18(20)23(24,25)26)21-27-22(31-28-21)19-11-10-14-29(19)4-2/h2,12-13,16,19H,3,5-11,14-15H2,1H3/t19-/m0/s1. The quantitative estimate of drug-likeness (QED) is 0.327. The fourth-order valence-electron chi connectivity index (χ4n) is 3.75. The van der Waals surface area contributed by atoms with Gasteiger partial charge in [-0.1, -0.05) is 50.6 Å². The molecule has 2 aromatic rings. The van der Waals surface area contributed by atoms with Gasteiger partial charge in [0, 0.05) is 18.2 Å². The molecule has 1 fully saturated rings. The number of benzene rings is 1. The zero-order valence-corrected chi connectivity index (χ0v) is 17.7. The van der Waals surface area contributed by atoms with Crippen LogP contribution in [0, 0.1) is 12.5 Å². The normalized spacial score (nSPS) is 16.5. The van der Waals surface area contributed by atoms with E-state index in [0.29, 0.717) is 5.89 Å². The largest absolute Gasteiger partial charge is 0.493 e. The Labute approximate surface area is 181 Å². The molecule has 31 heavy (non-hydrogen) atoms. The van der Waals surface area contributed by atoms with Crippen LogP contribution in [0.15, 0.2) is 22.7 Å². The van der Waals surface area contributed by atoms with E-state index in [4.69, 9.17) is 15.7 Å². The minimum absolute atomic E-state index is 0.104. The summed E-state index contributed by atoms with van der Waals surface area (Å²) in [6, 6.07) is 6.24. The first kappa shape index (κ1) is 23.0. The molecule has 0 radical (unpaired) electrons. The zero-order valence-electron chi connectivity index (χ0n) is 17.7. The molecule has 1 aliphatic rings. The van der Waals surface area contributed by atoms with Gasteiger partial charge in [-0.25, -0.2) is 0 Å². The van der Waals surface area contributed by atoms with Crippen molar-refractivity contribution in [1.82, 2.24) is 15.0 Å². The summed E-state index contributed by atoms with van der Waals surface area (Å²) in [6.07, 6.45) is 8.83. The second-order valence-electron chi connectivity index (χ2n) is 7.76. The summed E-state index contributed by atoms with van der Waals surface area (Å²) in [5, 5.41) is 3.87. The van der Waals surface area contributed by atoms with Gasteiger partial charge >= 0.3 is 6.18 Å². The van der Waals surface area contributed by atoms with Crippen molar-refractivity contribution in [2.24, 2.45) is 0 Å². The Morgan fingerprint density at radius 1 is 1.23 bits per heavy atom. The predicted octanol–water partition coefficient (Wildman–Crippen LogP) is 6.22. The lowest BCUT2D eigenvalue weighted by Crippen LogP contribution is -2.17. The van der Waals surface area contributed by atoms with Gasteiger partial charge in [0.15, 0.2) is 0 Å². The lowest BCUT2D eigenvalue weighted by Gasteiger charge is -2.15. The summed E-state index contributed by atoms with van der Waals surface area (Å²) in [6.45, 7) is 3.12. The summed E-state index contributed by atoms with van der Waals surface area (Å²) < 4.78 is 51.7. The molecule has 3 rings (SSSR count). The smallest absolute Gasteiger partial charge is 0.419 e. The van der Waals surface area contributed by atoms with E-state index in [1.807, 2.05) is 0 Å². The van der Waals surface area contributed by atoms with Crippen LogP contribution >= 0.6 is 0 Å². The summed E-state index contributed by atoms with van der Waals surface area (Å²) in [5.41, 5.74) is -0.618. The molecule has 8 heteroatoms. The maximum absolute atomic E-state index is 13.6. The van der Waals surface area contributed by atoms with E-state index < -0.39 is 11.7 Å². The number of halogens is 3. The van der Waals surface area contributed by atoms with Crippen LogP contribution in [-0.2, 0) is 6.18 Å². The van der Waals surface area contributed by atoms with Gasteiger partial charge in [0.1, 0.15) is 11.8 Å². The second-order valence-corrected chi connectivity index (χ2v) is 7.76. The Morgan fingerprint density at radius 3 is 2.74 bits per heavy atom. The first-order valence-electron chi connectivity index (χ1n) is 10.8. The van der Waals surface area contributed by atoms with Crippen LogP contribution in [0.3, 0.4) is 0 Å². The predicted molar refractivity (Wildman–Crippen MR) is 111 cm³/mol. The Balaban J connectivity index is 1.70. The average molecular weight is 435 g/mol. The Morgan fingerprint density at radius 2 is 2.00 bits per heavy atom. The number of likely N-dealkylation sites (tertiary alicyclic amines) is 1. The van der Waals surface area contributed by atoms with Gasteiger partial charge in [0.05, 0.1) is 12.2 Å². The van der Waals surface area contributed by atoms with Crippen LogP contribution in [0.5, 0.6) is 5.75 Å². The molecule has 0 spiro atoms. The number of ether oxygens (including phenoxy) is 1. The summed E-state index contributed by atoms with van der Waals surface area (Å²) in [7, 11) is 0. The molecular weight excluding hydrogens is 407 g/mol. The molecule has 168 valence electrons. The van der Waals surface area contributed by atoms with Crippen LogP contribution in [-0.4, -0.2) is 28.2 Å². The van der Waals surface area contributed by atoms with E-state index in [-0.39, 0.29) is 29.8 Å². The number of hydrogen-bond donors (Lipinski definition) is 0. The number of terminal acetylenes is 1. The highest BCUT2D eigenvalue weighted by Crippen LogP contribution is 2.39. The molecule has 0 amide bonds. The molecule has 1 atom stereocenters. The van der Waals surface area contributed by atoms with E-state index in [2.05, 4.69) is 23.1 Å². The van der Waals surface area contributed by atoms with Crippen molar-refractivity contribution >= 4 is 0 Å². The molecule has 1 aromatic heterocycles. The van der Waals surface area contributed by atoms with Crippen molar-refractivity contribution in [3.63, 3.8) is 0 Å². The van der Waals surface area contributed by atoms with Gasteiger partial charge in [-0.15, -0.1) is 0 Å². The van der Waals surface area contributed by atoms with Crippen LogP contribution in [0.4, 0.5) is 13.2 Å². The number of rotatable bonds is 10. The monoisotopic (exact) mass is 435 g/mol. The fourth-order valence-corrected chi connectivity index (χ4v) is 3.75. The molecule has 0 bridgehead atoms. The van der Waals surface area contributed by atoms with E-state index >= 15 is 0 Å². The van der Waals surface area contributed by atoms with E-state index in [0.717, 1.165) is 57.6 Å². The summed E-state index contributed by atoms with van der Waals surface area (Å²) in [5.74, 6) is 0.247. The molecule has 1 saturated heterocycles. The Hall–Kier alpha value is -2.69. The summed E-state index contributed by atoms with van der Waals surface area (Å²) >= 11 is 0. The highest BCUT2D eigenvalue weighted by Gasteiger charge is 2.35. The average Bonchev–Trinajstić information content (AvgIpc) is 3.41.